The Bertz CT molecular complexity index is 1310. The minimum Gasteiger partial charge on any atom is -0.497 e. The number of nitrogens with zero attached hydrogens (tertiary/aromatic N) is 2. The van der Waals surface area contributed by atoms with E-state index in [0.717, 1.165) is 32.9 Å². The van der Waals surface area contributed by atoms with E-state index in [1.165, 1.54) is 0 Å². The highest BCUT2D eigenvalue weighted by Gasteiger charge is 2.43. The van der Waals surface area contributed by atoms with Crippen molar-refractivity contribution in [1.29, 1.82) is 0 Å². The normalized spacial score (nSPS) is 17.5. The first-order chi connectivity index (χ1) is 16.6. The zero-order chi connectivity index (χ0) is 23.7. The number of methoxy groups -OCH3 is 2. The summed E-state index contributed by atoms with van der Waals surface area (Å²) < 4.78 is 18.6. The first-order valence-corrected chi connectivity index (χ1v) is 11.9. The van der Waals surface area contributed by atoms with Crippen molar-refractivity contribution in [1.82, 2.24) is 10.3 Å². The van der Waals surface area contributed by atoms with Gasteiger partial charge in [0.25, 0.3) is 0 Å². The van der Waals surface area contributed by atoms with Crippen LogP contribution in [-0.2, 0) is 0 Å². The van der Waals surface area contributed by atoms with Gasteiger partial charge in [0.15, 0.2) is 5.11 Å². The molecule has 2 aromatic heterocycles. The van der Waals surface area contributed by atoms with E-state index in [1.54, 1.807) is 20.4 Å². The molecule has 0 aliphatic carbocycles. The van der Waals surface area contributed by atoms with E-state index in [-0.39, 0.29) is 12.1 Å². The molecule has 5 rings (SSSR count). The van der Waals surface area contributed by atoms with Gasteiger partial charge < -0.3 is 24.1 Å². The summed E-state index contributed by atoms with van der Waals surface area (Å²) in [5.41, 5.74) is 2.63. The number of anilines is 1. The SMILES string of the molecule is COc1ccc(OC)c(N2C(=S)N[C@H](c3ccccn3)[C@H]2c2ccc(-c3ccc(Br)cc3)o2)c1. The van der Waals surface area contributed by atoms with Crippen LogP contribution in [0, 0.1) is 0 Å². The molecule has 0 spiro atoms. The number of rotatable bonds is 6. The van der Waals surface area contributed by atoms with Crippen LogP contribution >= 0.6 is 28.1 Å². The molecule has 2 atom stereocenters. The van der Waals surface area contributed by atoms with Crippen molar-refractivity contribution in [2.45, 2.75) is 12.1 Å². The molecule has 1 aliphatic rings. The first-order valence-electron chi connectivity index (χ1n) is 10.7. The standard InChI is InChI=1S/C26H22BrN3O3S/c1-31-18-10-11-22(32-2)20(15-18)30-25(24(29-26(30)34)19-5-3-4-14-28-19)23-13-12-21(33-23)16-6-8-17(27)9-7-16/h3-15,24-25H,1-2H3,(H,29,34)/t24-,25-/m1/s1. The lowest BCUT2D eigenvalue weighted by Gasteiger charge is -2.27. The molecule has 0 bridgehead atoms. The predicted octanol–water partition coefficient (Wildman–Crippen LogP) is 6.30. The number of benzene rings is 2. The topological polar surface area (TPSA) is 59.8 Å². The Hall–Kier alpha value is -3.36. The van der Waals surface area contributed by atoms with E-state index in [1.807, 2.05) is 77.7 Å². The molecule has 0 unspecified atom stereocenters. The third-order valence-corrected chi connectivity index (χ3v) is 6.63. The average molecular weight is 536 g/mol. The zero-order valence-corrected chi connectivity index (χ0v) is 21.0. The predicted molar refractivity (Wildman–Crippen MR) is 139 cm³/mol. The van der Waals surface area contributed by atoms with Crippen LogP contribution < -0.4 is 19.7 Å². The second-order valence-electron chi connectivity index (χ2n) is 7.74. The second-order valence-corrected chi connectivity index (χ2v) is 9.05. The van der Waals surface area contributed by atoms with Crippen LogP contribution in [0.1, 0.15) is 23.5 Å². The summed E-state index contributed by atoms with van der Waals surface area (Å²) in [5.74, 6) is 2.91. The molecular formula is C26H22BrN3O3S. The summed E-state index contributed by atoms with van der Waals surface area (Å²) in [5, 5.41) is 3.99. The van der Waals surface area contributed by atoms with Gasteiger partial charge in [-0.15, -0.1) is 0 Å². The number of hydrogen-bond acceptors (Lipinski definition) is 5. The van der Waals surface area contributed by atoms with Gasteiger partial charge in [-0.2, -0.15) is 0 Å². The zero-order valence-electron chi connectivity index (χ0n) is 18.6. The maximum absolute atomic E-state index is 6.42. The Labute approximate surface area is 211 Å². The third kappa shape index (κ3) is 4.15. The highest BCUT2D eigenvalue weighted by atomic mass is 79.9. The molecule has 4 aromatic rings. The largest absolute Gasteiger partial charge is 0.497 e. The number of thiocarbonyl (C=S) groups is 1. The van der Waals surface area contributed by atoms with Crippen molar-refractivity contribution in [3.63, 3.8) is 0 Å². The number of ether oxygens (including phenoxy) is 2. The molecule has 6 nitrogen and oxygen atoms in total. The van der Waals surface area contributed by atoms with Gasteiger partial charge in [-0.05, 0) is 60.7 Å². The number of halogens is 1. The monoisotopic (exact) mass is 535 g/mol. The van der Waals surface area contributed by atoms with E-state index < -0.39 is 0 Å². The first kappa shape index (κ1) is 22.4. The van der Waals surface area contributed by atoms with Gasteiger partial charge in [0.2, 0.25) is 0 Å². The Kier molecular flexibility index (Phi) is 6.26. The van der Waals surface area contributed by atoms with Gasteiger partial charge in [-0.1, -0.05) is 34.1 Å². The smallest absolute Gasteiger partial charge is 0.174 e. The van der Waals surface area contributed by atoms with Gasteiger partial charge in [-0.25, -0.2) is 0 Å². The second kappa shape index (κ2) is 9.48. The Balaban J connectivity index is 1.63. The maximum atomic E-state index is 6.42. The van der Waals surface area contributed by atoms with Crippen LogP contribution in [0.5, 0.6) is 11.5 Å². The van der Waals surface area contributed by atoms with Crippen LogP contribution in [0.25, 0.3) is 11.3 Å². The molecule has 1 N–H and O–H groups in total. The van der Waals surface area contributed by atoms with Crippen molar-refractivity contribution in [2.24, 2.45) is 0 Å². The molecule has 3 heterocycles. The summed E-state index contributed by atoms with van der Waals surface area (Å²) in [6, 6.07) is 23.0. The number of hydrogen-bond donors (Lipinski definition) is 1. The van der Waals surface area contributed by atoms with E-state index >= 15 is 0 Å². The fourth-order valence-electron chi connectivity index (χ4n) is 4.17. The molecular weight excluding hydrogens is 514 g/mol. The van der Waals surface area contributed by atoms with Crippen molar-refractivity contribution in [3.8, 4) is 22.8 Å². The van der Waals surface area contributed by atoms with E-state index in [2.05, 4.69) is 26.2 Å². The van der Waals surface area contributed by atoms with Gasteiger partial charge in [-0.3, -0.25) is 4.98 Å². The molecule has 0 saturated carbocycles. The van der Waals surface area contributed by atoms with Crippen molar-refractivity contribution in [3.05, 3.63) is 94.9 Å². The number of nitrogens with one attached hydrogen (secondary N) is 1. The van der Waals surface area contributed by atoms with E-state index in [9.17, 15) is 0 Å². The molecule has 8 heteroatoms. The molecule has 172 valence electrons. The highest BCUT2D eigenvalue weighted by Crippen LogP contribution is 2.46. The van der Waals surface area contributed by atoms with Crippen molar-refractivity contribution in [2.75, 3.05) is 19.1 Å². The minimum absolute atomic E-state index is 0.228. The molecule has 1 fully saturated rings. The average Bonchev–Trinajstić information content (AvgIpc) is 3.49. The Morgan fingerprint density at radius 1 is 1.00 bits per heavy atom. The lowest BCUT2D eigenvalue weighted by Crippen LogP contribution is -2.29. The molecule has 1 saturated heterocycles. The molecule has 2 aromatic carbocycles. The molecule has 1 aliphatic heterocycles. The van der Waals surface area contributed by atoms with Crippen LogP contribution in [0.4, 0.5) is 5.69 Å². The fourth-order valence-corrected chi connectivity index (χ4v) is 4.77. The lowest BCUT2D eigenvalue weighted by molar-refractivity contribution is 0.400. The number of pyridine rings is 1. The highest BCUT2D eigenvalue weighted by molar-refractivity contribution is 9.10. The number of furan rings is 1. The Morgan fingerprint density at radius 3 is 2.53 bits per heavy atom. The van der Waals surface area contributed by atoms with Crippen LogP contribution in [0.2, 0.25) is 0 Å². The van der Waals surface area contributed by atoms with Gasteiger partial charge in [0, 0.05) is 22.3 Å². The van der Waals surface area contributed by atoms with Crippen LogP contribution in [0.3, 0.4) is 0 Å². The molecule has 0 radical (unpaired) electrons. The van der Waals surface area contributed by atoms with E-state index in [0.29, 0.717) is 16.6 Å². The summed E-state index contributed by atoms with van der Waals surface area (Å²) in [6.07, 6.45) is 1.78. The number of aromatic nitrogens is 1. The minimum atomic E-state index is -0.299. The van der Waals surface area contributed by atoms with Gasteiger partial charge >= 0.3 is 0 Å². The van der Waals surface area contributed by atoms with Crippen molar-refractivity contribution < 1.29 is 13.9 Å². The third-order valence-electron chi connectivity index (χ3n) is 5.79. The maximum Gasteiger partial charge on any atom is 0.174 e. The summed E-state index contributed by atoms with van der Waals surface area (Å²) in [7, 11) is 3.28. The van der Waals surface area contributed by atoms with Gasteiger partial charge in [0.05, 0.1) is 31.6 Å². The Morgan fingerprint density at radius 2 is 1.82 bits per heavy atom. The summed E-state index contributed by atoms with van der Waals surface area (Å²) in [4.78, 5) is 6.61. The lowest BCUT2D eigenvalue weighted by atomic mass is 10.0. The van der Waals surface area contributed by atoms with Crippen molar-refractivity contribution >= 4 is 38.9 Å². The molecule has 34 heavy (non-hydrogen) atoms. The summed E-state index contributed by atoms with van der Waals surface area (Å²) >= 11 is 9.31. The quantitative estimate of drug-likeness (QED) is 0.290. The van der Waals surface area contributed by atoms with Crippen LogP contribution in [0.15, 0.2) is 87.9 Å². The van der Waals surface area contributed by atoms with Crippen LogP contribution in [-0.4, -0.2) is 24.3 Å². The van der Waals surface area contributed by atoms with E-state index in [4.69, 9.17) is 26.1 Å². The fraction of sp³-hybridized carbons (Fsp3) is 0.154. The van der Waals surface area contributed by atoms with Gasteiger partial charge in [0.1, 0.15) is 29.1 Å². The molecule has 0 amide bonds. The summed E-state index contributed by atoms with van der Waals surface area (Å²) in [6.45, 7) is 0.